The van der Waals surface area contributed by atoms with Crippen molar-refractivity contribution in [1.29, 1.82) is 0 Å². The number of carbonyl (C=O) groups is 3. The molecule has 0 bridgehead atoms. The quantitative estimate of drug-likeness (QED) is 0.555. The number of carbonyl (C=O) groups excluding carboxylic acids is 3. The number of piperidine rings is 1. The first-order chi connectivity index (χ1) is 19.0. The molecule has 2 aromatic carbocycles. The average molecular weight is 531 g/mol. The van der Waals surface area contributed by atoms with Crippen LogP contribution in [-0.4, -0.2) is 71.8 Å². The van der Waals surface area contributed by atoms with Gasteiger partial charge in [0, 0.05) is 32.7 Å². The Kier molecular flexibility index (Phi) is 8.24. The largest absolute Gasteiger partial charge is 0.493 e. The molecule has 0 radical (unpaired) electrons. The maximum Gasteiger partial charge on any atom is 0.275 e. The number of para-hydroxylation sites is 1. The Hall–Kier alpha value is -4.14. The molecule has 0 aliphatic carbocycles. The summed E-state index contributed by atoms with van der Waals surface area (Å²) in [5.74, 6) is 0.272. The maximum atomic E-state index is 13.2. The van der Waals surface area contributed by atoms with Crippen molar-refractivity contribution in [2.45, 2.75) is 32.1 Å². The molecule has 1 spiro atoms. The van der Waals surface area contributed by atoms with Crippen LogP contribution in [0.4, 0.5) is 0 Å². The molecule has 204 valence electrons. The molecule has 1 fully saturated rings. The molecule has 0 saturated carbocycles. The van der Waals surface area contributed by atoms with E-state index in [1.807, 2.05) is 47.4 Å². The topological polar surface area (TPSA) is 105 Å². The molecule has 39 heavy (non-hydrogen) atoms. The van der Waals surface area contributed by atoms with Gasteiger partial charge < -0.3 is 24.3 Å². The molecule has 1 aromatic heterocycles. The number of oxazole rings is 1. The Balaban J connectivity index is 1.33. The molecule has 3 amide bonds. The monoisotopic (exact) mass is 530 g/mol. The van der Waals surface area contributed by atoms with E-state index in [1.165, 1.54) is 12.7 Å². The lowest BCUT2D eigenvalue weighted by Gasteiger charge is -2.43. The predicted molar refractivity (Wildman–Crippen MR) is 144 cm³/mol. The standard InChI is InChI=1S/C30H34N4O5/c35-27(19-23-7-2-1-3-8-23)33-15-11-30(12-16-33)13-17-34(29(37)25-20-38-22-32-25)14-6-18-39-26-10-5-4-9-24(26)28(36)31-21-30/h1-5,7-10,20,22H,6,11-19,21H2,(H,31,36). The Labute approximate surface area is 228 Å². The van der Waals surface area contributed by atoms with Crippen LogP contribution in [0.5, 0.6) is 5.75 Å². The van der Waals surface area contributed by atoms with Gasteiger partial charge >= 0.3 is 0 Å². The van der Waals surface area contributed by atoms with Gasteiger partial charge in [0.05, 0.1) is 18.6 Å². The summed E-state index contributed by atoms with van der Waals surface area (Å²) in [6.45, 7) is 3.04. The van der Waals surface area contributed by atoms with Crippen molar-refractivity contribution in [3.63, 3.8) is 0 Å². The summed E-state index contributed by atoms with van der Waals surface area (Å²) in [5.41, 5.74) is 1.51. The average Bonchev–Trinajstić information content (AvgIpc) is 3.51. The zero-order chi connectivity index (χ0) is 27.1. The first-order valence-corrected chi connectivity index (χ1v) is 13.5. The van der Waals surface area contributed by atoms with Gasteiger partial charge in [-0.15, -0.1) is 0 Å². The number of rotatable bonds is 3. The van der Waals surface area contributed by atoms with Crippen LogP contribution in [0.15, 0.2) is 71.7 Å². The normalized spacial score (nSPS) is 18.1. The van der Waals surface area contributed by atoms with E-state index in [1.54, 1.807) is 17.0 Å². The Bertz CT molecular complexity index is 1270. The van der Waals surface area contributed by atoms with Crippen LogP contribution in [-0.2, 0) is 11.2 Å². The molecule has 0 unspecified atom stereocenters. The number of amides is 3. The molecule has 2 aliphatic rings. The second kappa shape index (κ2) is 12.1. The fourth-order valence-electron chi connectivity index (χ4n) is 5.38. The van der Waals surface area contributed by atoms with Crippen LogP contribution < -0.4 is 10.1 Å². The molecule has 3 heterocycles. The molecule has 1 N–H and O–H groups in total. The summed E-state index contributed by atoms with van der Waals surface area (Å²) < 4.78 is 11.0. The molecule has 5 rings (SSSR count). The van der Waals surface area contributed by atoms with E-state index >= 15 is 0 Å². The van der Waals surface area contributed by atoms with Gasteiger partial charge in [-0.05, 0) is 48.8 Å². The van der Waals surface area contributed by atoms with Gasteiger partial charge in [-0.1, -0.05) is 42.5 Å². The SMILES string of the molecule is O=C1NCC2(CCN(C(=O)Cc3ccccc3)CC2)CCN(C(=O)c2cocn2)CCCOc2ccccc21. The highest BCUT2D eigenvalue weighted by Gasteiger charge is 2.37. The maximum absolute atomic E-state index is 13.2. The summed E-state index contributed by atoms with van der Waals surface area (Å²) in [7, 11) is 0. The lowest BCUT2D eigenvalue weighted by atomic mass is 9.75. The smallest absolute Gasteiger partial charge is 0.275 e. The zero-order valence-electron chi connectivity index (χ0n) is 22.0. The van der Waals surface area contributed by atoms with E-state index in [-0.39, 0.29) is 28.8 Å². The fraction of sp³-hybridized carbons (Fsp3) is 0.400. The molecular weight excluding hydrogens is 496 g/mol. The van der Waals surface area contributed by atoms with Crippen LogP contribution >= 0.6 is 0 Å². The van der Waals surface area contributed by atoms with Gasteiger partial charge in [-0.2, -0.15) is 0 Å². The lowest BCUT2D eigenvalue weighted by molar-refractivity contribution is -0.132. The number of nitrogens with zero attached hydrogens (tertiary/aromatic N) is 3. The van der Waals surface area contributed by atoms with Gasteiger partial charge in [-0.3, -0.25) is 14.4 Å². The number of nitrogens with one attached hydrogen (secondary N) is 1. The number of fused-ring (bicyclic) bond motifs is 1. The van der Waals surface area contributed by atoms with Crippen molar-refractivity contribution in [2.75, 3.05) is 39.3 Å². The second-order valence-corrected chi connectivity index (χ2v) is 10.3. The van der Waals surface area contributed by atoms with Crippen LogP contribution in [0.1, 0.15) is 52.1 Å². The number of hydrogen-bond donors (Lipinski definition) is 1. The highest BCUT2D eigenvalue weighted by molar-refractivity contribution is 5.97. The highest BCUT2D eigenvalue weighted by Crippen LogP contribution is 2.36. The van der Waals surface area contributed by atoms with Gasteiger partial charge in [0.1, 0.15) is 12.0 Å². The molecule has 1 saturated heterocycles. The molecule has 2 aliphatic heterocycles. The molecule has 9 nitrogen and oxygen atoms in total. The molecule has 0 atom stereocenters. The minimum Gasteiger partial charge on any atom is -0.493 e. The van der Waals surface area contributed by atoms with Crippen LogP contribution in [0.2, 0.25) is 0 Å². The van der Waals surface area contributed by atoms with E-state index in [0.717, 1.165) is 18.4 Å². The van der Waals surface area contributed by atoms with E-state index < -0.39 is 0 Å². The number of likely N-dealkylation sites (tertiary alicyclic amines) is 1. The Morgan fingerprint density at radius 1 is 0.923 bits per heavy atom. The summed E-state index contributed by atoms with van der Waals surface area (Å²) in [5, 5.41) is 3.14. The highest BCUT2D eigenvalue weighted by atomic mass is 16.5. The molecule has 9 heteroatoms. The second-order valence-electron chi connectivity index (χ2n) is 10.3. The van der Waals surface area contributed by atoms with Gasteiger partial charge in [0.25, 0.3) is 11.8 Å². The lowest BCUT2D eigenvalue weighted by Crippen LogP contribution is -2.49. The van der Waals surface area contributed by atoms with Crippen molar-refractivity contribution in [3.8, 4) is 5.75 Å². The first kappa shape index (κ1) is 26.5. The van der Waals surface area contributed by atoms with Crippen molar-refractivity contribution < 1.29 is 23.5 Å². The number of ether oxygens (including phenoxy) is 1. The molecular formula is C30H34N4O5. The van der Waals surface area contributed by atoms with Crippen LogP contribution in [0, 0.1) is 5.41 Å². The van der Waals surface area contributed by atoms with Crippen LogP contribution in [0.25, 0.3) is 0 Å². The van der Waals surface area contributed by atoms with Crippen molar-refractivity contribution >= 4 is 17.7 Å². The Morgan fingerprint density at radius 3 is 2.38 bits per heavy atom. The van der Waals surface area contributed by atoms with Crippen molar-refractivity contribution in [2.24, 2.45) is 5.41 Å². The third-order valence-electron chi connectivity index (χ3n) is 7.81. The number of aromatic nitrogens is 1. The third kappa shape index (κ3) is 6.47. The van der Waals surface area contributed by atoms with Gasteiger partial charge in [0.15, 0.2) is 12.1 Å². The summed E-state index contributed by atoms with van der Waals surface area (Å²) in [4.78, 5) is 47.2. The van der Waals surface area contributed by atoms with E-state index in [0.29, 0.717) is 69.9 Å². The predicted octanol–water partition coefficient (Wildman–Crippen LogP) is 3.57. The number of hydrogen-bond acceptors (Lipinski definition) is 6. The minimum atomic E-state index is -0.259. The zero-order valence-corrected chi connectivity index (χ0v) is 22.0. The molecule has 3 aromatic rings. The van der Waals surface area contributed by atoms with E-state index in [2.05, 4.69) is 10.3 Å². The summed E-state index contributed by atoms with van der Waals surface area (Å²) >= 11 is 0. The van der Waals surface area contributed by atoms with Crippen molar-refractivity contribution in [3.05, 3.63) is 84.1 Å². The van der Waals surface area contributed by atoms with Gasteiger partial charge in [0.2, 0.25) is 5.91 Å². The third-order valence-corrected chi connectivity index (χ3v) is 7.81. The number of benzene rings is 2. The summed E-state index contributed by atoms with van der Waals surface area (Å²) in [6.07, 6.45) is 5.77. The minimum absolute atomic E-state index is 0.110. The fourth-order valence-corrected chi connectivity index (χ4v) is 5.38. The van der Waals surface area contributed by atoms with Crippen LogP contribution in [0.3, 0.4) is 0 Å². The van der Waals surface area contributed by atoms with E-state index in [9.17, 15) is 14.4 Å². The van der Waals surface area contributed by atoms with Crippen molar-refractivity contribution in [1.82, 2.24) is 20.1 Å². The van der Waals surface area contributed by atoms with E-state index in [4.69, 9.17) is 9.15 Å². The summed E-state index contributed by atoms with van der Waals surface area (Å²) in [6, 6.07) is 17.0. The first-order valence-electron chi connectivity index (χ1n) is 13.5. The van der Waals surface area contributed by atoms with Gasteiger partial charge in [-0.25, -0.2) is 4.98 Å². The Morgan fingerprint density at radius 2 is 1.64 bits per heavy atom.